The van der Waals surface area contributed by atoms with Gasteiger partial charge in [0, 0.05) is 0 Å². The van der Waals surface area contributed by atoms with E-state index in [-0.39, 0.29) is 10.9 Å². The van der Waals surface area contributed by atoms with Gasteiger partial charge in [0.15, 0.2) is 0 Å². The van der Waals surface area contributed by atoms with Crippen molar-refractivity contribution in [1.29, 1.82) is 0 Å². The fraction of sp³-hybridized carbons (Fsp3) is 0. The summed E-state index contributed by atoms with van der Waals surface area (Å²) < 4.78 is 15.7. The summed E-state index contributed by atoms with van der Waals surface area (Å²) in [6.45, 7) is 0. The lowest BCUT2D eigenvalue weighted by Crippen LogP contribution is -2.11. The van der Waals surface area contributed by atoms with Crippen molar-refractivity contribution in [2.45, 2.75) is 0 Å². The molecule has 0 aliphatic heterocycles. The average Bonchev–Trinajstić information content (AvgIpc) is 2.69. The molecule has 1 aromatic heterocycles. The summed E-state index contributed by atoms with van der Waals surface area (Å²) in [5.74, 6) is -0.460. The number of rotatable bonds is 1. The molecule has 0 fully saturated rings. The molecule has 84 valence electrons. The second-order valence-electron chi connectivity index (χ2n) is 3.64. The summed E-state index contributed by atoms with van der Waals surface area (Å²) in [6, 6.07) is 13.9. The zero-order chi connectivity index (χ0) is 11.8. The van der Waals surface area contributed by atoms with Gasteiger partial charge in [0.25, 0.3) is 5.56 Å². The summed E-state index contributed by atoms with van der Waals surface area (Å²) in [5.41, 5.74) is 0.465. The molecular weight excluding hydrogens is 237 g/mol. The van der Waals surface area contributed by atoms with E-state index in [2.05, 4.69) is 0 Å². The third-order valence-electron chi connectivity index (χ3n) is 2.55. The number of aromatic nitrogens is 1. The average molecular weight is 245 g/mol. The fourth-order valence-corrected chi connectivity index (χ4v) is 2.78. The molecule has 0 unspecified atom stereocenters. The van der Waals surface area contributed by atoms with Crippen molar-refractivity contribution in [2.24, 2.45) is 0 Å². The number of para-hydroxylation sites is 1. The van der Waals surface area contributed by atoms with Gasteiger partial charge in [-0.2, -0.15) is 0 Å². The number of hydrogen-bond donors (Lipinski definition) is 0. The summed E-state index contributed by atoms with van der Waals surface area (Å²) in [4.78, 5) is 12.1. The minimum absolute atomic E-state index is 0.168. The van der Waals surface area contributed by atoms with E-state index in [0.29, 0.717) is 4.70 Å². The third-order valence-corrected chi connectivity index (χ3v) is 3.65. The van der Waals surface area contributed by atoms with Gasteiger partial charge in [-0.1, -0.05) is 35.8 Å². The molecule has 0 bridgehead atoms. The molecule has 0 radical (unpaired) electrons. The predicted molar refractivity (Wildman–Crippen MR) is 67.4 cm³/mol. The van der Waals surface area contributed by atoms with Crippen LogP contribution in [0, 0.1) is 5.82 Å². The maximum Gasteiger partial charge on any atom is 0.276 e. The van der Waals surface area contributed by atoms with Gasteiger partial charge in [0.2, 0.25) is 0 Å². The molecule has 0 N–H and O–H groups in total. The van der Waals surface area contributed by atoms with Gasteiger partial charge >= 0.3 is 0 Å². The Balaban J connectivity index is 2.37. The Morgan fingerprint density at radius 2 is 1.76 bits per heavy atom. The molecule has 2 aromatic carbocycles. The lowest BCUT2D eigenvalue weighted by molar-refractivity contribution is 0.639. The van der Waals surface area contributed by atoms with Crippen LogP contribution in [0.5, 0.6) is 0 Å². The normalized spacial score (nSPS) is 10.9. The topological polar surface area (TPSA) is 22.0 Å². The summed E-state index contributed by atoms with van der Waals surface area (Å²) in [6.07, 6.45) is 0. The SMILES string of the molecule is O=c1c2c(F)cccc2sn1-c1ccccc1. The molecule has 3 aromatic rings. The first-order valence-corrected chi connectivity index (χ1v) is 5.91. The van der Waals surface area contributed by atoms with Gasteiger partial charge in [-0.3, -0.25) is 4.79 Å². The number of benzene rings is 2. The Morgan fingerprint density at radius 3 is 2.47 bits per heavy atom. The molecule has 0 saturated carbocycles. The van der Waals surface area contributed by atoms with Crippen molar-refractivity contribution in [2.75, 3.05) is 0 Å². The highest BCUT2D eigenvalue weighted by Gasteiger charge is 2.12. The lowest BCUT2D eigenvalue weighted by atomic mass is 10.2. The van der Waals surface area contributed by atoms with Crippen molar-refractivity contribution < 1.29 is 4.39 Å². The van der Waals surface area contributed by atoms with Gasteiger partial charge in [0.05, 0.1) is 15.8 Å². The number of nitrogens with zero attached hydrogens (tertiary/aromatic N) is 1. The van der Waals surface area contributed by atoms with E-state index in [1.807, 2.05) is 30.3 Å². The monoisotopic (exact) mass is 245 g/mol. The minimum atomic E-state index is -0.460. The van der Waals surface area contributed by atoms with E-state index in [9.17, 15) is 9.18 Å². The molecule has 2 nitrogen and oxygen atoms in total. The Labute approximate surface area is 101 Å². The smallest absolute Gasteiger partial charge is 0.267 e. The van der Waals surface area contributed by atoms with Crippen molar-refractivity contribution >= 4 is 21.6 Å². The second-order valence-corrected chi connectivity index (χ2v) is 4.63. The number of hydrogen-bond acceptors (Lipinski definition) is 2. The molecule has 0 aliphatic carbocycles. The first-order valence-electron chi connectivity index (χ1n) is 5.13. The highest BCUT2D eigenvalue weighted by molar-refractivity contribution is 7.14. The Morgan fingerprint density at radius 1 is 1.00 bits per heavy atom. The molecule has 17 heavy (non-hydrogen) atoms. The van der Waals surface area contributed by atoms with Gasteiger partial charge < -0.3 is 0 Å². The van der Waals surface area contributed by atoms with E-state index in [4.69, 9.17) is 0 Å². The largest absolute Gasteiger partial charge is 0.276 e. The quantitative estimate of drug-likeness (QED) is 0.645. The van der Waals surface area contributed by atoms with E-state index in [0.717, 1.165) is 5.69 Å². The molecule has 1 heterocycles. The highest BCUT2D eigenvalue weighted by Crippen LogP contribution is 2.21. The summed E-state index contributed by atoms with van der Waals surface area (Å²) in [5, 5.41) is 0.168. The molecule has 0 amide bonds. The zero-order valence-corrected chi connectivity index (χ0v) is 9.58. The van der Waals surface area contributed by atoms with Crippen molar-refractivity contribution in [3.63, 3.8) is 0 Å². The van der Waals surface area contributed by atoms with Crippen LogP contribution in [0.15, 0.2) is 53.3 Å². The van der Waals surface area contributed by atoms with Crippen LogP contribution in [0.25, 0.3) is 15.8 Å². The van der Waals surface area contributed by atoms with Crippen molar-refractivity contribution in [1.82, 2.24) is 3.96 Å². The second kappa shape index (κ2) is 3.82. The van der Waals surface area contributed by atoms with E-state index < -0.39 is 5.82 Å². The van der Waals surface area contributed by atoms with Crippen LogP contribution in [-0.4, -0.2) is 3.96 Å². The molecule has 4 heteroatoms. The molecular formula is C13H8FNOS. The van der Waals surface area contributed by atoms with Crippen LogP contribution in [0.4, 0.5) is 4.39 Å². The first kappa shape index (κ1) is 10.2. The lowest BCUT2D eigenvalue weighted by Gasteiger charge is -1.97. The van der Waals surface area contributed by atoms with Gasteiger partial charge in [-0.15, -0.1) is 0 Å². The molecule has 0 aliphatic rings. The third kappa shape index (κ3) is 1.57. The zero-order valence-electron chi connectivity index (χ0n) is 8.76. The number of fused-ring (bicyclic) bond motifs is 1. The van der Waals surface area contributed by atoms with Crippen molar-refractivity contribution in [3.8, 4) is 5.69 Å². The van der Waals surface area contributed by atoms with Crippen LogP contribution in [0.1, 0.15) is 0 Å². The van der Waals surface area contributed by atoms with Crippen LogP contribution >= 0.6 is 11.5 Å². The molecule has 0 atom stereocenters. The standard InChI is InChI=1S/C13H8FNOS/c14-10-7-4-8-11-12(10)13(16)15(17-11)9-5-2-1-3-6-9/h1-8H. The maximum atomic E-state index is 13.6. The molecule has 3 rings (SSSR count). The van der Waals surface area contributed by atoms with E-state index in [1.54, 1.807) is 12.1 Å². The van der Waals surface area contributed by atoms with Gasteiger partial charge in [0.1, 0.15) is 5.82 Å². The fourth-order valence-electron chi connectivity index (χ4n) is 1.76. The van der Waals surface area contributed by atoms with E-state index >= 15 is 0 Å². The maximum absolute atomic E-state index is 13.6. The summed E-state index contributed by atoms with van der Waals surface area (Å²) in [7, 11) is 0. The van der Waals surface area contributed by atoms with Gasteiger partial charge in [-0.25, -0.2) is 8.35 Å². The van der Waals surface area contributed by atoms with Crippen molar-refractivity contribution in [3.05, 3.63) is 64.7 Å². The van der Waals surface area contributed by atoms with Crippen LogP contribution < -0.4 is 5.56 Å². The Hall–Kier alpha value is -1.94. The number of halogens is 1. The van der Waals surface area contributed by atoms with E-state index in [1.165, 1.54) is 21.6 Å². The van der Waals surface area contributed by atoms with Crippen LogP contribution in [-0.2, 0) is 0 Å². The predicted octanol–water partition coefficient (Wildman–Crippen LogP) is 3.19. The minimum Gasteiger partial charge on any atom is -0.267 e. The highest BCUT2D eigenvalue weighted by atomic mass is 32.1. The first-order chi connectivity index (χ1) is 8.27. The van der Waals surface area contributed by atoms with Gasteiger partial charge in [-0.05, 0) is 24.3 Å². The van der Waals surface area contributed by atoms with Crippen LogP contribution in [0.3, 0.4) is 0 Å². The van der Waals surface area contributed by atoms with Crippen LogP contribution in [0.2, 0.25) is 0 Å². The summed E-state index contributed by atoms with van der Waals surface area (Å²) >= 11 is 1.26. The molecule has 0 saturated heterocycles. The Bertz CT molecular complexity index is 730. The Kier molecular flexibility index (Phi) is 2.30. The molecule has 0 spiro atoms.